The maximum atomic E-state index is 12.2. The van der Waals surface area contributed by atoms with Crippen LogP contribution in [0.1, 0.15) is 44.7 Å². The lowest BCUT2D eigenvalue weighted by Gasteiger charge is -2.33. The van der Waals surface area contributed by atoms with Crippen LogP contribution < -0.4 is 5.32 Å². The molecule has 20 heavy (non-hydrogen) atoms. The second kappa shape index (κ2) is 6.55. The Morgan fingerprint density at radius 1 is 1.25 bits per heavy atom. The summed E-state index contributed by atoms with van der Waals surface area (Å²) < 4.78 is 0. The molecule has 4 heteroatoms. The molecule has 2 rings (SSSR count). The van der Waals surface area contributed by atoms with E-state index < -0.39 is 11.8 Å². The van der Waals surface area contributed by atoms with E-state index in [9.17, 15) is 9.59 Å². The molecule has 0 saturated carbocycles. The van der Waals surface area contributed by atoms with Crippen LogP contribution in [0.15, 0.2) is 30.3 Å². The van der Waals surface area contributed by atoms with E-state index in [0.29, 0.717) is 6.54 Å². The average molecular weight is 274 g/mol. The van der Waals surface area contributed by atoms with Crippen LogP contribution in [0, 0.1) is 0 Å². The standard InChI is InChI=1S/C16H22N2O2/c1-12-8-6-7-11-18(12)16(20)15(19)17-13(2)14-9-4-3-5-10-14/h3-5,9-10,12-13H,6-8,11H2,1-2H3,(H,17,19). The minimum Gasteiger partial charge on any atom is -0.341 e. The van der Waals surface area contributed by atoms with Gasteiger partial charge in [-0.1, -0.05) is 30.3 Å². The molecule has 2 atom stereocenters. The van der Waals surface area contributed by atoms with E-state index in [-0.39, 0.29) is 12.1 Å². The monoisotopic (exact) mass is 274 g/mol. The molecule has 0 spiro atoms. The van der Waals surface area contributed by atoms with Crippen molar-refractivity contribution in [2.24, 2.45) is 0 Å². The molecule has 0 radical (unpaired) electrons. The third kappa shape index (κ3) is 3.38. The average Bonchev–Trinajstić information content (AvgIpc) is 2.48. The fraction of sp³-hybridized carbons (Fsp3) is 0.500. The van der Waals surface area contributed by atoms with Gasteiger partial charge in [-0.2, -0.15) is 0 Å². The van der Waals surface area contributed by atoms with Crippen molar-refractivity contribution in [3.63, 3.8) is 0 Å². The number of piperidine rings is 1. The third-order valence-electron chi connectivity index (χ3n) is 3.91. The molecular weight excluding hydrogens is 252 g/mol. The van der Waals surface area contributed by atoms with Crippen LogP contribution in [0.25, 0.3) is 0 Å². The Bertz CT molecular complexity index is 473. The van der Waals surface area contributed by atoms with E-state index in [2.05, 4.69) is 5.32 Å². The lowest BCUT2D eigenvalue weighted by molar-refractivity contribution is -0.148. The second-order valence-corrected chi connectivity index (χ2v) is 5.45. The van der Waals surface area contributed by atoms with E-state index >= 15 is 0 Å². The Labute approximate surface area is 120 Å². The molecule has 1 fully saturated rings. The van der Waals surface area contributed by atoms with E-state index in [1.54, 1.807) is 4.90 Å². The summed E-state index contributed by atoms with van der Waals surface area (Å²) in [6.45, 7) is 4.58. The molecule has 108 valence electrons. The minimum absolute atomic E-state index is 0.159. The minimum atomic E-state index is -0.505. The normalized spacial score (nSPS) is 20.3. The highest BCUT2D eigenvalue weighted by Gasteiger charge is 2.28. The van der Waals surface area contributed by atoms with Gasteiger partial charge in [0.25, 0.3) is 0 Å². The molecule has 4 nitrogen and oxygen atoms in total. The van der Waals surface area contributed by atoms with Crippen molar-refractivity contribution in [3.05, 3.63) is 35.9 Å². The lowest BCUT2D eigenvalue weighted by Crippen LogP contribution is -2.49. The van der Waals surface area contributed by atoms with E-state index in [0.717, 1.165) is 24.8 Å². The van der Waals surface area contributed by atoms with Crippen LogP contribution in [-0.2, 0) is 9.59 Å². The zero-order valence-corrected chi connectivity index (χ0v) is 12.1. The zero-order chi connectivity index (χ0) is 14.5. The molecular formula is C16H22N2O2. The molecule has 1 aromatic carbocycles. The van der Waals surface area contributed by atoms with Crippen LogP contribution in [-0.4, -0.2) is 29.3 Å². The summed E-state index contributed by atoms with van der Waals surface area (Å²) in [6.07, 6.45) is 3.10. The van der Waals surface area contributed by atoms with Crippen LogP contribution in [0.3, 0.4) is 0 Å². The highest BCUT2D eigenvalue weighted by atomic mass is 16.2. The molecule has 1 aromatic rings. The van der Waals surface area contributed by atoms with Crippen molar-refractivity contribution in [3.8, 4) is 0 Å². The lowest BCUT2D eigenvalue weighted by atomic mass is 10.0. The summed E-state index contributed by atoms with van der Waals surface area (Å²) in [5.74, 6) is -0.907. The first-order valence-corrected chi connectivity index (χ1v) is 7.26. The smallest absolute Gasteiger partial charge is 0.312 e. The van der Waals surface area contributed by atoms with Crippen molar-refractivity contribution >= 4 is 11.8 Å². The van der Waals surface area contributed by atoms with Crippen molar-refractivity contribution in [1.82, 2.24) is 10.2 Å². The number of rotatable bonds is 2. The summed E-state index contributed by atoms with van der Waals surface area (Å²) in [4.78, 5) is 25.9. The van der Waals surface area contributed by atoms with Gasteiger partial charge >= 0.3 is 11.8 Å². The number of carbonyl (C=O) groups is 2. The first kappa shape index (κ1) is 14.6. The number of nitrogens with zero attached hydrogens (tertiary/aromatic N) is 1. The number of hydrogen-bond acceptors (Lipinski definition) is 2. The summed E-state index contributed by atoms with van der Waals surface area (Å²) in [6, 6.07) is 9.66. The number of benzene rings is 1. The number of amides is 2. The van der Waals surface area contributed by atoms with Gasteiger partial charge in [0.1, 0.15) is 0 Å². The van der Waals surface area contributed by atoms with Crippen LogP contribution in [0.2, 0.25) is 0 Å². The highest BCUT2D eigenvalue weighted by Crippen LogP contribution is 2.17. The molecule has 1 aliphatic rings. The number of carbonyl (C=O) groups excluding carboxylic acids is 2. The largest absolute Gasteiger partial charge is 0.341 e. The molecule has 2 amide bonds. The van der Waals surface area contributed by atoms with E-state index in [1.165, 1.54) is 0 Å². The Hall–Kier alpha value is -1.84. The van der Waals surface area contributed by atoms with Crippen LogP contribution in [0.5, 0.6) is 0 Å². The third-order valence-corrected chi connectivity index (χ3v) is 3.91. The summed E-state index contributed by atoms with van der Waals surface area (Å²) >= 11 is 0. The van der Waals surface area contributed by atoms with Gasteiger partial charge in [0.15, 0.2) is 0 Å². The first-order chi connectivity index (χ1) is 9.59. The van der Waals surface area contributed by atoms with Crippen LogP contribution in [0.4, 0.5) is 0 Å². The Balaban J connectivity index is 1.95. The maximum absolute atomic E-state index is 12.2. The van der Waals surface area contributed by atoms with Crippen molar-refractivity contribution < 1.29 is 9.59 Å². The highest BCUT2D eigenvalue weighted by molar-refractivity contribution is 6.35. The van der Waals surface area contributed by atoms with Gasteiger partial charge in [-0.25, -0.2) is 0 Å². The molecule has 1 saturated heterocycles. The fourth-order valence-corrected chi connectivity index (χ4v) is 2.61. The molecule has 1 aliphatic heterocycles. The molecule has 0 aromatic heterocycles. The predicted octanol–water partition coefficient (Wildman–Crippen LogP) is 2.26. The van der Waals surface area contributed by atoms with Gasteiger partial charge in [-0.15, -0.1) is 0 Å². The van der Waals surface area contributed by atoms with Gasteiger partial charge in [0.05, 0.1) is 6.04 Å². The SMILES string of the molecule is CC(NC(=O)C(=O)N1CCCCC1C)c1ccccc1. The molecule has 1 heterocycles. The van der Waals surface area contributed by atoms with Crippen LogP contribution >= 0.6 is 0 Å². The summed E-state index contributed by atoms with van der Waals surface area (Å²) in [5, 5.41) is 2.78. The molecule has 0 aliphatic carbocycles. The first-order valence-electron chi connectivity index (χ1n) is 7.26. The molecule has 0 bridgehead atoms. The summed E-state index contributed by atoms with van der Waals surface area (Å²) in [5.41, 5.74) is 1.00. The van der Waals surface area contributed by atoms with E-state index in [1.807, 2.05) is 44.2 Å². The number of hydrogen-bond donors (Lipinski definition) is 1. The predicted molar refractivity (Wildman–Crippen MR) is 78.0 cm³/mol. The molecule has 1 N–H and O–H groups in total. The second-order valence-electron chi connectivity index (χ2n) is 5.45. The molecule has 2 unspecified atom stereocenters. The number of nitrogens with one attached hydrogen (secondary N) is 1. The van der Waals surface area contributed by atoms with Gasteiger partial charge < -0.3 is 10.2 Å². The van der Waals surface area contributed by atoms with Gasteiger partial charge in [0.2, 0.25) is 0 Å². The van der Waals surface area contributed by atoms with Crippen molar-refractivity contribution in [2.75, 3.05) is 6.54 Å². The topological polar surface area (TPSA) is 49.4 Å². The number of likely N-dealkylation sites (tertiary alicyclic amines) is 1. The van der Waals surface area contributed by atoms with Gasteiger partial charge in [-0.3, -0.25) is 9.59 Å². The van der Waals surface area contributed by atoms with Gasteiger partial charge in [0, 0.05) is 12.6 Å². The van der Waals surface area contributed by atoms with Crippen molar-refractivity contribution in [1.29, 1.82) is 0 Å². The Morgan fingerprint density at radius 2 is 1.95 bits per heavy atom. The summed E-state index contributed by atoms with van der Waals surface area (Å²) in [7, 11) is 0. The Morgan fingerprint density at radius 3 is 2.60 bits per heavy atom. The Kier molecular flexibility index (Phi) is 4.77. The van der Waals surface area contributed by atoms with E-state index in [4.69, 9.17) is 0 Å². The zero-order valence-electron chi connectivity index (χ0n) is 12.1. The maximum Gasteiger partial charge on any atom is 0.312 e. The fourth-order valence-electron chi connectivity index (χ4n) is 2.61. The quantitative estimate of drug-likeness (QED) is 0.841. The van der Waals surface area contributed by atoms with Crippen molar-refractivity contribution in [2.45, 2.75) is 45.2 Å². The van der Waals surface area contributed by atoms with Gasteiger partial charge in [-0.05, 0) is 38.7 Å².